The normalized spacial score (nSPS) is 16.9. The molecule has 0 bridgehead atoms. The predicted octanol–water partition coefficient (Wildman–Crippen LogP) is 2.49. The molecule has 1 amide bonds. The van der Waals surface area contributed by atoms with E-state index in [1.165, 1.54) is 6.07 Å². The quantitative estimate of drug-likeness (QED) is 0.871. The summed E-state index contributed by atoms with van der Waals surface area (Å²) in [5.41, 5.74) is -0.421. The Balaban J connectivity index is 1.98. The molecule has 0 unspecified atom stereocenters. The highest BCUT2D eigenvalue weighted by molar-refractivity contribution is 6.29. The molecule has 0 aromatic carbocycles. The lowest BCUT2D eigenvalue weighted by molar-refractivity contribution is -0.140. The molecule has 6 nitrogen and oxygen atoms in total. The van der Waals surface area contributed by atoms with Crippen molar-refractivity contribution in [1.29, 1.82) is 0 Å². The molecule has 0 saturated heterocycles. The van der Waals surface area contributed by atoms with Crippen molar-refractivity contribution in [3.63, 3.8) is 0 Å². The summed E-state index contributed by atoms with van der Waals surface area (Å²) in [6, 6.07) is 3.10. The average molecular weight is 298 g/mol. The number of aliphatic carboxylic acids is 1. The first-order chi connectivity index (χ1) is 9.49. The standard InChI is InChI=1S/C13H16ClN3O3/c14-9-3-4-10(17-16-9)15-11(18)7-13(8-12(19)20)5-1-2-6-13/h3-4H,1-2,5-8H2,(H,19,20)(H,15,17,18). The van der Waals surface area contributed by atoms with Crippen molar-refractivity contribution in [3.8, 4) is 0 Å². The molecule has 1 saturated carbocycles. The summed E-state index contributed by atoms with van der Waals surface area (Å²) in [6.45, 7) is 0. The van der Waals surface area contributed by atoms with Crippen LogP contribution in [0.15, 0.2) is 12.1 Å². The molecule has 1 aromatic heterocycles. The number of aromatic nitrogens is 2. The van der Waals surface area contributed by atoms with Crippen molar-refractivity contribution in [1.82, 2.24) is 10.2 Å². The van der Waals surface area contributed by atoms with Gasteiger partial charge in [0.25, 0.3) is 0 Å². The molecule has 2 N–H and O–H groups in total. The van der Waals surface area contributed by atoms with Gasteiger partial charge < -0.3 is 10.4 Å². The molecular formula is C13H16ClN3O3. The first-order valence-electron chi connectivity index (χ1n) is 6.50. The lowest BCUT2D eigenvalue weighted by Crippen LogP contribution is -2.28. The third kappa shape index (κ3) is 3.90. The molecule has 108 valence electrons. The summed E-state index contributed by atoms with van der Waals surface area (Å²) in [5.74, 6) is -0.765. The van der Waals surface area contributed by atoms with Crippen molar-refractivity contribution in [2.24, 2.45) is 5.41 Å². The summed E-state index contributed by atoms with van der Waals surface area (Å²) < 4.78 is 0. The summed E-state index contributed by atoms with van der Waals surface area (Å²) in [5, 5.41) is 19.3. The van der Waals surface area contributed by atoms with E-state index in [4.69, 9.17) is 16.7 Å². The van der Waals surface area contributed by atoms with Gasteiger partial charge in [0.2, 0.25) is 5.91 Å². The van der Waals surface area contributed by atoms with Gasteiger partial charge in [-0.3, -0.25) is 9.59 Å². The smallest absolute Gasteiger partial charge is 0.303 e. The molecule has 20 heavy (non-hydrogen) atoms. The molecule has 1 aromatic rings. The molecule has 1 heterocycles. The Kier molecular flexibility index (Phi) is 4.54. The van der Waals surface area contributed by atoms with E-state index in [-0.39, 0.29) is 23.9 Å². The van der Waals surface area contributed by atoms with Crippen molar-refractivity contribution >= 4 is 29.3 Å². The van der Waals surface area contributed by atoms with E-state index in [9.17, 15) is 9.59 Å². The van der Waals surface area contributed by atoms with Gasteiger partial charge in [0.05, 0.1) is 6.42 Å². The fraction of sp³-hybridized carbons (Fsp3) is 0.538. The predicted molar refractivity (Wildman–Crippen MR) is 73.4 cm³/mol. The zero-order valence-electron chi connectivity index (χ0n) is 10.9. The summed E-state index contributed by atoms with van der Waals surface area (Å²) in [6.07, 6.45) is 3.73. The first-order valence-corrected chi connectivity index (χ1v) is 6.88. The Morgan fingerprint density at radius 3 is 2.50 bits per heavy atom. The van der Waals surface area contributed by atoms with Gasteiger partial charge in [-0.25, -0.2) is 0 Å². The third-order valence-corrected chi connectivity index (χ3v) is 3.83. The molecule has 0 spiro atoms. The highest BCUT2D eigenvalue weighted by Gasteiger charge is 2.38. The van der Waals surface area contributed by atoms with E-state index < -0.39 is 11.4 Å². The summed E-state index contributed by atoms with van der Waals surface area (Å²) in [7, 11) is 0. The summed E-state index contributed by atoms with van der Waals surface area (Å²) in [4.78, 5) is 23.0. The van der Waals surface area contributed by atoms with Crippen LogP contribution in [0.25, 0.3) is 0 Å². The number of hydrogen-bond acceptors (Lipinski definition) is 4. The molecular weight excluding hydrogens is 282 g/mol. The van der Waals surface area contributed by atoms with Crippen LogP contribution in [0, 0.1) is 5.41 Å². The number of carbonyl (C=O) groups is 2. The Hall–Kier alpha value is -1.69. The highest BCUT2D eigenvalue weighted by atomic mass is 35.5. The fourth-order valence-electron chi connectivity index (χ4n) is 2.77. The Bertz CT molecular complexity index is 498. The lowest BCUT2D eigenvalue weighted by atomic mass is 9.79. The van der Waals surface area contributed by atoms with Gasteiger partial charge in [0.1, 0.15) is 0 Å². The number of carboxylic acids is 1. The first kappa shape index (κ1) is 14.7. The van der Waals surface area contributed by atoms with Crippen LogP contribution in [-0.2, 0) is 9.59 Å². The molecule has 1 aliphatic rings. The highest BCUT2D eigenvalue weighted by Crippen LogP contribution is 2.44. The number of nitrogens with one attached hydrogen (secondary N) is 1. The van der Waals surface area contributed by atoms with E-state index in [2.05, 4.69) is 15.5 Å². The van der Waals surface area contributed by atoms with E-state index in [0.717, 1.165) is 25.7 Å². The molecule has 7 heteroatoms. The molecule has 1 fully saturated rings. The van der Waals surface area contributed by atoms with E-state index >= 15 is 0 Å². The number of carbonyl (C=O) groups excluding carboxylic acids is 1. The van der Waals surface area contributed by atoms with Gasteiger partial charge in [-0.15, -0.1) is 10.2 Å². The number of rotatable bonds is 5. The lowest BCUT2D eigenvalue weighted by Gasteiger charge is -2.26. The monoisotopic (exact) mass is 297 g/mol. The van der Waals surface area contributed by atoms with E-state index in [1.807, 2.05) is 0 Å². The second kappa shape index (κ2) is 6.17. The second-order valence-corrected chi connectivity index (χ2v) is 5.63. The van der Waals surface area contributed by atoms with Crippen LogP contribution in [0.1, 0.15) is 38.5 Å². The van der Waals surface area contributed by atoms with Crippen LogP contribution in [0.5, 0.6) is 0 Å². The van der Waals surface area contributed by atoms with Crippen LogP contribution in [0.3, 0.4) is 0 Å². The summed E-state index contributed by atoms with van der Waals surface area (Å²) >= 11 is 5.61. The average Bonchev–Trinajstić information content (AvgIpc) is 2.79. The van der Waals surface area contributed by atoms with Crippen LogP contribution >= 0.6 is 11.6 Å². The number of amides is 1. The molecule has 0 atom stereocenters. The Morgan fingerprint density at radius 1 is 1.25 bits per heavy atom. The van der Waals surface area contributed by atoms with Crippen molar-refractivity contribution in [2.75, 3.05) is 5.32 Å². The number of hydrogen-bond donors (Lipinski definition) is 2. The van der Waals surface area contributed by atoms with Gasteiger partial charge in [-0.05, 0) is 30.4 Å². The number of halogens is 1. The van der Waals surface area contributed by atoms with Gasteiger partial charge in [0.15, 0.2) is 11.0 Å². The third-order valence-electron chi connectivity index (χ3n) is 3.63. The Labute approximate surface area is 121 Å². The zero-order valence-corrected chi connectivity index (χ0v) is 11.7. The largest absolute Gasteiger partial charge is 0.481 e. The minimum absolute atomic E-state index is 0.0344. The number of anilines is 1. The number of carboxylic acid groups (broad SMARTS) is 1. The topological polar surface area (TPSA) is 92.2 Å². The second-order valence-electron chi connectivity index (χ2n) is 5.24. The number of nitrogens with zero attached hydrogens (tertiary/aromatic N) is 2. The van der Waals surface area contributed by atoms with Crippen LogP contribution in [0.2, 0.25) is 5.15 Å². The zero-order chi connectivity index (χ0) is 14.6. The molecule has 1 aliphatic carbocycles. The van der Waals surface area contributed by atoms with Crippen molar-refractivity contribution in [2.45, 2.75) is 38.5 Å². The molecule has 0 aliphatic heterocycles. The van der Waals surface area contributed by atoms with Crippen molar-refractivity contribution in [3.05, 3.63) is 17.3 Å². The maximum absolute atomic E-state index is 12.0. The van der Waals surface area contributed by atoms with Crippen LogP contribution in [-0.4, -0.2) is 27.2 Å². The van der Waals surface area contributed by atoms with Crippen molar-refractivity contribution < 1.29 is 14.7 Å². The van der Waals surface area contributed by atoms with Crippen LogP contribution in [0.4, 0.5) is 5.82 Å². The SMILES string of the molecule is O=C(O)CC1(CC(=O)Nc2ccc(Cl)nn2)CCCC1. The maximum atomic E-state index is 12.0. The minimum Gasteiger partial charge on any atom is -0.481 e. The van der Waals surface area contributed by atoms with Crippen LogP contribution < -0.4 is 5.32 Å². The van der Waals surface area contributed by atoms with E-state index in [1.54, 1.807) is 6.07 Å². The van der Waals surface area contributed by atoms with Gasteiger partial charge in [-0.2, -0.15) is 0 Å². The minimum atomic E-state index is -0.856. The van der Waals surface area contributed by atoms with Gasteiger partial charge >= 0.3 is 5.97 Å². The van der Waals surface area contributed by atoms with Gasteiger partial charge in [-0.1, -0.05) is 24.4 Å². The fourth-order valence-corrected chi connectivity index (χ4v) is 2.87. The maximum Gasteiger partial charge on any atom is 0.303 e. The Morgan fingerprint density at radius 2 is 1.95 bits per heavy atom. The van der Waals surface area contributed by atoms with E-state index in [0.29, 0.717) is 5.82 Å². The molecule has 0 radical (unpaired) electrons. The molecule has 2 rings (SSSR count). The van der Waals surface area contributed by atoms with Gasteiger partial charge in [0, 0.05) is 6.42 Å².